The highest BCUT2D eigenvalue weighted by atomic mass is 35.5. The van der Waals surface area contributed by atoms with Crippen molar-refractivity contribution >= 4 is 57.2 Å². The van der Waals surface area contributed by atoms with Crippen LogP contribution < -0.4 is 10.6 Å². The highest BCUT2D eigenvalue weighted by molar-refractivity contribution is 7.19. The van der Waals surface area contributed by atoms with Gasteiger partial charge in [0.25, 0.3) is 5.91 Å². The van der Waals surface area contributed by atoms with Crippen molar-refractivity contribution in [2.45, 2.75) is 51.5 Å². The summed E-state index contributed by atoms with van der Waals surface area (Å²) in [4.78, 5) is 43.9. The summed E-state index contributed by atoms with van der Waals surface area (Å²) in [6, 6.07) is 1.89. The number of thiazole rings is 1. The molecule has 174 valence electrons. The number of carboxylic acids is 1. The fourth-order valence-corrected chi connectivity index (χ4v) is 5.70. The zero-order valence-corrected chi connectivity index (χ0v) is 20.2. The second-order valence-corrected chi connectivity index (χ2v) is 10.6. The molecule has 1 saturated heterocycles. The summed E-state index contributed by atoms with van der Waals surface area (Å²) in [5, 5.41) is 15.1. The van der Waals surface area contributed by atoms with Gasteiger partial charge >= 0.3 is 5.97 Å². The van der Waals surface area contributed by atoms with Crippen molar-refractivity contribution in [2.75, 3.05) is 25.0 Å². The second-order valence-electron chi connectivity index (χ2n) is 7.64. The van der Waals surface area contributed by atoms with E-state index in [1.807, 2.05) is 17.9 Å². The Hall–Kier alpha value is -2.01. The van der Waals surface area contributed by atoms with Gasteiger partial charge in [-0.15, -0.1) is 11.3 Å². The minimum atomic E-state index is -0.780. The molecule has 0 aromatic carbocycles. The van der Waals surface area contributed by atoms with Gasteiger partial charge < -0.3 is 15.3 Å². The van der Waals surface area contributed by atoms with Gasteiger partial charge in [0.05, 0.1) is 17.8 Å². The number of likely N-dealkylation sites (tertiary alicyclic amines) is 1. The first-order chi connectivity index (χ1) is 15.3. The quantitative estimate of drug-likeness (QED) is 0.398. The Labute approximate surface area is 200 Å². The lowest BCUT2D eigenvalue weighted by Gasteiger charge is -2.24. The van der Waals surface area contributed by atoms with Crippen LogP contribution in [0.15, 0.2) is 12.3 Å². The van der Waals surface area contributed by atoms with Crippen LogP contribution in [0.4, 0.5) is 5.13 Å². The molecule has 0 spiro atoms. The second kappa shape index (κ2) is 11.7. The van der Waals surface area contributed by atoms with Crippen LogP contribution in [0, 0.1) is 6.92 Å². The first-order valence-electron chi connectivity index (χ1n) is 10.6. The molecule has 11 heteroatoms. The van der Waals surface area contributed by atoms with Crippen molar-refractivity contribution in [3.8, 4) is 0 Å². The number of hydrogen-bond acceptors (Lipinski definition) is 7. The van der Waals surface area contributed by atoms with Crippen molar-refractivity contribution in [3.05, 3.63) is 31.9 Å². The van der Waals surface area contributed by atoms with Crippen LogP contribution >= 0.6 is 34.3 Å². The van der Waals surface area contributed by atoms with E-state index >= 15 is 0 Å². The van der Waals surface area contributed by atoms with E-state index in [1.54, 1.807) is 11.3 Å². The molecule has 2 aromatic rings. The molecular weight excluding hydrogens is 472 g/mol. The van der Waals surface area contributed by atoms with E-state index in [0.717, 1.165) is 35.6 Å². The third-order valence-electron chi connectivity index (χ3n) is 5.29. The largest absolute Gasteiger partial charge is 0.481 e. The molecule has 8 nitrogen and oxygen atoms in total. The number of amides is 2. The fourth-order valence-electron chi connectivity index (χ4n) is 3.72. The standard InChI is InChI=1S/C21H27ClN4O4S2/c1-13-14(20(30)25-21-24-12-17(22)32-21)11-16(31-13)15-5-4-10-26(15)18(27)7-9-23-8-3-2-6-19(28)29/h11-12,15,23H,2-10H2,1H3,(H,28,29)(H,24,25,30). The molecule has 1 atom stereocenters. The predicted octanol–water partition coefficient (Wildman–Crippen LogP) is 4.32. The van der Waals surface area contributed by atoms with E-state index in [9.17, 15) is 14.4 Å². The van der Waals surface area contributed by atoms with Crippen LogP contribution in [0.3, 0.4) is 0 Å². The van der Waals surface area contributed by atoms with Gasteiger partial charge in [0.2, 0.25) is 5.91 Å². The molecule has 0 saturated carbocycles. The summed E-state index contributed by atoms with van der Waals surface area (Å²) in [6.45, 7) is 3.91. The predicted molar refractivity (Wildman–Crippen MR) is 127 cm³/mol. The van der Waals surface area contributed by atoms with E-state index in [0.29, 0.717) is 41.0 Å². The number of carbonyl (C=O) groups excluding carboxylic acids is 2. The van der Waals surface area contributed by atoms with Crippen LogP contribution in [-0.2, 0) is 9.59 Å². The summed E-state index contributed by atoms with van der Waals surface area (Å²) in [7, 11) is 0. The van der Waals surface area contributed by atoms with Crippen molar-refractivity contribution in [2.24, 2.45) is 0 Å². The van der Waals surface area contributed by atoms with E-state index in [2.05, 4.69) is 15.6 Å². The highest BCUT2D eigenvalue weighted by Crippen LogP contribution is 2.38. The normalized spacial score (nSPS) is 15.8. The van der Waals surface area contributed by atoms with Gasteiger partial charge in [-0.05, 0) is 45.2 Å². The molecular formula is C21H27ClN4O4S2. The molecule has 3 rings (SSSR count). The number of aromatic nitrogens is 1. The Morgan fingerprint density at radius 1 is 1.25 bits per heavy atom. The Kier molecular flexibility index (Phi) is 9.03. The van der Waals surface area contributed by atoms with Gasteiger partial charge in [0.1, 0.15) is 4.34 Å². The summed E-state index contributed by atoms with van der Waals surface area (Å²) in [6.07, 6.45) is 5.31. The molecule has 32 heavy (non-hydrogen) atoms. The van der Waals surface area contributed by atoms with E-state index in [-0.39, 0.29) is 24.3 Å². The van der Waals surface area contributed by atoms with Gasteiger partial charge in [0, 0.05) is 35.7 Å². The third-order valence-corrected chi connectivity index (χ3v) is 7.47. The highest BCUT2D eigenvalue weighted by Gasteiger charge is 2.31. The Morgan fingerprint density at radius 2 is 2.06 bits per heavy atom. The number of hydrogen-bond donors (Lipinski definition) is 3. The van der Waals surface area contributed by atoms with Gasteiger partial charge in [-0.1, -0.05) is 22.9 Å². The number of nitrogens with one attached hydrogen (secondary N) is 2. The topological polar surface area (TPSA) is 112 Å². The lowest BCUT2D eigenvalue weighted by molar-refractivity contribution is -0.137. The average molecular weight is 499 g/mol. The van der Waals surface area contributed by atoms with E-state index in [4.69, 9.17) is 16.7 Å². The third kappa shape index (κ3) is 6.74. The van der Waals surface area contributed by atoms with Crippen LogP contribution in [0.5, 0.6) is 0 Å². The van der Waals surface area contributed by atoms with Crippen LogP contribution in [0.25, 0.3) is 0 Å². The maximum Gasteiger partial charge on any atom is 0.303 e. The Balaban J connectivity index is 1.52. The minimum Gasteiger partial charge on any atom is -0.481 e. The number of thiophene rings is 1. The smallest absolute Gasteiger partial charge is 0.303 e. The van der Waals surface area contributed by atoms with E-state index < -0.39 is 5.97 Å². The fraction of sp³-hybridized carbons (Fsp3) is 0.524. The summed E-state index contributed by atoms with van der Waals surface area (Å²) in [5.41, 5.74) is 0.596. The zero-order chi connectivity index (χ0) is 23.1. The monoisotopic (exact) mass is 498 g/mol. The van der Waals surface area contributed by atoms with Crippen molar-refractivity contribution in [3.63, 3.8) is 0 Å². The number of halogens is 1. The number of nitrogens with zero attached hydrogens (tertiary/aromatic N) is 2. The van der Waals surface area contributed by atoms with Gasteiger partial charge in [-0.25, -0.2) is 4.98 Å². The molecule has 2 amide bonds. The molecule has 0 radical (unpaired) electrons. The lowest BCUT2D eigenvalue weighted by atomic mass is 10.1. The molecule has 3 N–H and O–H groups in total. The van der Waals surface area contributed by atoms with Crippen molar-refractivity contribution < 1.29 is 19.5 Å². The number of carbonyl (C=O) groups is 3. The number of unbranched alkanes of at least 4 members (excludes halogenated alkanes) is 1. The zero-order valence-electron chi connectivity index (χ0n) is 17.9. The molecule has 1 aliphatic heterocycles. The Bertz CT molecular complexity index is 962. The van der Waals surface area contributed by atoms with Crippen molar-refractivity contribution in [1.29, 1.82) is 0 Å². The van der Waals surface area contributed by atoms with Crippen LogP contribution in [0.1, 0.15) is 64.7 Å². The SMILES string of the molecule is Cc1sc(C2CCCN2C(=O)CCNCCCCC(=O)O)cc1C(=O)Nc1ncc(Cl)s1. The van der Waals surface area contributed by atoms with E-state index in [1.165, 1.54) is 17.5 Å². The van der Waals surface area contributed by atoms with Crippen LogP contribution in [-0.4, -0.2) is 52.4 Å². The first-order valence-corrected chi connectivity index (χ1v) is 12.6. The minimum absolute atomic E-state index is 0.00220. The lowest BCUT2D eigenvalue weighted by Crippen LogP contribution is -2.32. The summed E-state index contributed by atoms with van der Waals surface area (Å²) < 4.78 is 0.512. The number of rotatable bonds is 11. The number of aryl methyl sites for hydroxylation is 1. The maximum atomic E-state index is 12.8. The first kappa shape index (κ1) is 24.6. The molecule has 1 aliphatic rings. The summed E-state index contributed by atoms with van der Waals surface area (Å²) in [5.74, 6) is -0.906. The molecule has 1 fully saturated rings. The summed E-state index contributed by atoms with van der Waals surface area (Å²) >= 11 is 8.64. The molecule has 0 aliphatic carbocycles. The number of aliphatic carboxylic acids is 1. The van der Waals surface area contributed by atoms with Crippen molar-refractivity contribution in [1.82, 2.24) is 15.2 Å². The molecule has 1 unspecified atom stereocenters. The molecule has 0 bridgehead atoms. The van der Waals surface area contributed by atoms with Gasteiger partial charge in [0.15, 0.2) is 5.13 Å². The van der Waals surface area contributed by atoms with Crippen LogP contribution in [0.2, 0.25) is 4.34 Å². The Morgan fingerprint density at radius 3 is 2.78 bits per heavy atom. The average Bonchev–Trinajstić information content (AvgIpc) is 3.46. The van der Waals surface area contributed by atoms with Gasteiger partial charge in [-0.3, -0.25) is 19.7 Å². The maximum absolute atomic E-state index is 12.8. The molecule has 2 aromatic heterocycles. The van der Waals surface area contributed by atoms with Gasteiger partial charge in [-0.2, -0.15) is 0 Å². The molecule has 3 heterocycles. The number of carboxylic acid groups (broad SMARTS) is 1. The number of anilines is 1.